The van der Waals surface area contributed by atoms with Crippen LogP contribution in [0.4, 0.5) is 17.6 Å². The number of halogens is 4. The average molecular weight is 460 g/mol. The minimum atomic E-state index is -5.08. The molecule has 0 spiro atoms. The Morgan fingerprint density at radius 1 is 1.22 bits per heavy atom. The van der Waals surface area contributed by atoms with E-state index in [-0.39, 0.29) is 24.2 Å². The number of methoxy groups -OCH3 is 1. The first-order chi connectivity index (χ1) is 14.9. The van der Waals surface area contributed by atoms with Crippen molar-refractivity contribution < 1.29 is 42.1 Å². The van der Waals surface area contributed by atoms with Crippen molar-refractivity contribution in [3.8, 4) is 17.0 Å². The summed E-state index contributed by atoms with van der Waals surface area (Å²) in [7, 11) is 1.39. The fourth-order valence-electron chi connectivity index (χ4n) is 2.65. The van der Waals surface area contributed by atoms with Crippen molar-refractivity contribution in [1.82, 2.24) is 9.78 Å². The summed E-state index contributed by atoms with van der Waals surface area (Å²) in [5, 5.41) is 20.4. The van der Waals surface area contributed by atoms with Gasteiger partial charge in [0.05, 0.1) is 12.8 Å². The minimum Gasteiger partial charge on any atom is -0.494 e. The lowest BCUT2D eigenvalue weighted by atomic mass is 10.1. The second-order valence-electron chi connectivity index (χ2n) is 7.03. The van der Waals surface area contributed by atoms with Crippen molar-refractivity contribution in [2.24, 2.45) is 5.92 Å². The second kappa shape index (κ2) is 10.2. The molecule has 1 aliphatic carbocycles. The Kier molecular flexibility index (Phi) is 7.95. The summed E-state index contributed by atoms with van der Waals surface area (Å²) in [5.74, 6) is -3.69. The maximum absolute atomic E-state index is 14.0. The molecule has 1 fully saturated rings. The van der Waals surface area contributed by atoms with Crippen LogP contribution in [0.1, 0.15) is 24.8 Å². The Bertz CT molecular complexity index is 1050. The topological polar surface area (TPSA) is 119 Å². The molecule has 2 N–H and O–H groups in total. The molecule has 174 valence electrons. The number of benzene rings is 1. The van der Waals surface area contributed by atoms with Crippen molar-refractivity contribution in [1.29, 1.82) is 0 Å². The molecule has 8 nitrogen and oxygen atoms in total. The van der Waals surface area contributed by atoms with Gasteiger partial charge in [-0.05, 0) is 49.4 Å². The van der Waals surface area contributed by atoms with Crippen molar-refractivity contribution in [2.45, 2.75) is 38.4 Å². The number of ether oxygens (including phenoxy) is 1. The number of rotatable bonds is 7. The van der Waals surface area contributed by atoms with Gasteiger partial charge in [0, 0.05) is 24.1 Å². The van der Waals surface area contributed by atoms with Crippen molar-refractivity contribution in [2.75, 3.05) is 7.11 Å². The molecule has 1 aromatic carbocycles. The van der Waals surface area contributed by atoms with Crippen LogP contribution in [0.2, 0.25) is 0 Å². The average Bonchev–Trinajstić information content (AvgIpc) is 3.52. The normalized spacial score (nSPS) is 13.2. The molecule has 1 heterocycles. The number of carboxylic acid groups (broad SMARTS) is 2. The number of aromatic nitrogens is 2. The molecule has 3 rings (SSSR count). The number of alkyl halides is 3. The quantitative estimate of drug-likeness (QED) is 0.610. The molecule has 1 aliphatic rings. The maximum Gasteiger partial charge on any atom is 0.490 e. The van der Waals surface area contributed by atoms with E-state index in [4.69, 9.17) is 19.7 Å². The van der Waals surface area contributed by atoms with Crippen LogP contribution < -0.4 is 10.3 Å². The molecule has 1 aromatic heterocycles. The highest BCUT2D eigenvalue weighted by molar-refractivity contribution is 5.73. The highest BCUT2D eigenvalue weighted by Crippen LogP contribution is 2.30. The largest absolute Gasteiger partial charge is 0.494 e. The Balaban J connectivity index is 0.000000451. The van der Waals surface area contributed by atoms with Crippen LogP contribution in [0, 0.1) is 11.7 Å². The molecular formula is C20H20F4N2O6. The molecule has 0 atom stereocenters. The van der Waals surface area contributed by atoms with Crippen molar-refractivity contribution in [3.05, 3.63) is 46.0 Å². The van der Waals surface area contributed by atoms with Crippen LogP contribution in [-0.4, -0.2) is 45.2 Å². The van der Waals surface area contributed by atoms with E-state index >= 15 is 0 Å². The van der Waals surface area contributed by atoms with Crippen LogP contribution in [0.25, 0.3) is 11.3 Å². The maximum atomic E-state index is 14.0. The predicted molar refractivity (Wildman–Crippen MR) is 103 cm³/mol. The molecule has 32 heavy (non-hydrogen) atoms. The third-order valence-electron chi connectivity index (χ3n) is 4.47. The summed E-state index contributed by atoms with van der Waals surface area (Å²) in [6.07, 6.45) is -2.99. The molecule has 1 saturated carbocycles. The van der Waals surface area contributed by atoms with Gasteiger partial charge >= 0.3 is 18.1 Å². The molecule has 0 amide bonds. The number of nitrogens with zero attached hydrogens (tertiary/aromatic N) is 2. The molecule has 0 unspecified atom stereocenters. The van der Waals surface area contributed by atoms with E-state index in [9.17, 15) is 27.2 Å². The van der Waals surface area contributed by atoms with E-state index < -0.39 is 23.9 Å². The summed E-state index contributed by atoms with van der Waals surface area (Å²) in [5.41, 5.74) is 1.07. The number of aryl methyl sites for hydroxylation is 1. The molecule has 0 radical (unpaired) electrons. The predicted octanol–water partition coefficient (Wildman–Crippen LogP) is 3.12. The summed E-state index contributed by atoms with van der Waals surface area (Å²) in [4.78, 5) is 32.2. The fraction of sp³-hybridized carbons (Fsp3) is 0.400. The van der Waals surface area contributed by atoms with Crippen LogP contribution in [0.15, 0.2) is 29.1 Å². The Morgan fingerprint density at radius 2 is 1.84 bits per heavy atom. The van der Waals surface area contributed by atoms with Gasteiger partial charge in [-0.1, -0.05) is 0 Å². The van der Waals surface area contributed by atoms with Gasteiger partial charge in [-0.3, -0.25) is 9.59 Å². The van der Waals surface area contributed by atoms with Gasteiger partial charge in [-0.25, -0.2) is 13.9 Å². The lowest BCUT2D eigenvalue weighted by Gasteiger charge is -2.11. The third kappa shape index (κ3) is 7.06. The first-order valence-electron chi connectivity index (χ1n) is 9.39. The van der Waals surface area contributed by atoms with Gasteiger partial charge in [-0.15, -0.1) is 0 Å². The summed E-state index contributed by atoms with van der Waals surface area (Å²) < 4.78 is 52.0. The number of hydrogen-bond acceptors (Lipinski definition) is 5. The van der Waals surface area contributed by atoms with Crippen molar-refractivity contribution in [3.63, 3.8) is 0 Å². The first-order valence-corrected chi connectivity index (χ1v) is 9.39. The highest BCUT2D eigenvalue weighted by Gasteiger charge is 2.38. The molecular weight excluding hydrogens is 440 g/mol. The molecule has 12 heteroatoms. The highest BCUT2D eigenvalue weighted by atomic mass is 19.4. The van der Waals surface area contributed by atoms with E-state index in [1.807, 2.05) is 0 Å². The van der Waals surface area contributed by atoms with Gasteiger partial charge in [0.1, 0.15) is 0 Å². The monoisotopic (exact) mass is 460 g/mol. The first kappa shape index (κ1) is 24.8. The summed E-state index contributed by atoms with van der Waals surface area (Å²) >= 11 is 0. The van der Waals surface area contributed by atoms with Gasteiger partial charge in [-0.2, -0.15) is 18.3 Å². The molecule has 2 aromatic rings. The number of carboxylic acids is 2. The number of carbonyl (C=O) groups is 2. The smallest absolute Gasteiger partial charge is 0.490 e. The Hall–Kier alpha value is -3.44. The lowest BCUT2D eigenvalue weighted by Crippen LogP contribution is -2.28. The lowest BCUT2D eigenvalue weighted by molar-refractivity contribution is -0.192. The fourth-order valence-corrected chi connectivity index (χ4v) is 2.65. The minimum absolute atomic E-state index is 0.118. The van der Waals surface area contributed by atoms with Gasteiger partial charge < -0.3 is 14.9 Å². The van der Waals surface area contributed by atoms with Crippen molar-refractivity contribution >= 4 is 11.9 Å². The molecule has 0 bridgehead atoms. The van der Waals surface area contributed by atoms with Crippen LogP contribution in [0.3, 0.4) is 0 Å². The van der Waals surface area contributed by atoms with E-state index in [1.54, 1.807) is 12.1 Å². The van der Waals surface area contributed by atoms with Gasteiger partial charge in [0.25, 0.3) is 5.56 Å². The summed E-state index contributed by atoms with van der Waals surface area (Å²) in [6.45, 7) is 0.505. The molecule has 0 aliphatic heterocycles. The van der Waals surface area contributed by atoms with Gasteiger partial charge in [0.15, 0.2) is 11.6 Å². The van der Waals surface area contributed by atoms with E-state index in [0.717, 1.165) is 12.8 Å². The van der Waals surface area contributed by atoms with Gasteiger partial charge in [0.2, 0.25) is 0 Å². The zero-order valence-corrected chi connectivity index (χ0v) is 16.9. The number of hydrogen-bond donors (Lipinski definition) is 2. The Morgan fingerprint density at radius 3 is 2.31 bits per heavy atom. The van der Waals surface area contributed by atoms with E-state index in [2.05, 4.69) is 5.10 Å². The van der Waals surface area contributed by atoms with Crippen LogP contribution in [0.5, 0.6) is 5.75 Å². The molecule has 0 saturated heterocycles. The van der Waals surface area contributed by atoms with E-state index in [1.165, 1.54) is 23.9 Å². The zero-order valence-electron chi connectivity index (χ0n) is 16.9. The zero-order chi connectivity index (χ0) is 24.1. The van der Waals surface area contributed by atoms with Crippen LogP contribution >= 0.6 is 0 Å². The third-order valence-corrected chi connectivity index (χ3v) is 4.47. The summed E-state index contributed by atoms with van der Waals surface area (Å²) in [6, 6.07) is 6.01. The van der Waals surface area contributed by atoms with Crippen LogP contribution in [-0.2, 0) is 22.6 Å². The second-order valence-corrected chi connectivity index (χ2v) is 7.03. The van der Waals surface area contributed by atoms with E-state index in [0.29, 0.717) is 29.3 Å². The standard InChI is InChI=1S/C18H19FN2O4.C2HF3O2/c1-25-16-6-4-12(8-14(16)19)15-9-13(5-7-17(22)23)18(24)21(20-15)10-11-2-3-11;3-2(4,5)1(6)7/h4,6,8-9,11H,2-3,5,7,10H2,1H3,(H,22,23);(H,6,7). The Labute approximate surface area is 179 Å². The SMILES string of the molecule is COc1ccc(-c2cc(CCC(=O)O)c(=O)n(CC3CC3)n2)cc1F.O=C(O)C(F)(F)F. The number of aliphatic carboxylic acids is 2.